The molecule has 0 unspecified atom stereocenters. The molecule has 2 aromatic carbocycles. The van der Waals surface area contributed by atoms with Gasteiger partial charge in [0, 0.05) is 10.2 Å². The molecule has 1 aromatic heterocycles. The van der Waals surface area contributed by atoms with Gasteiger partial charge in [-0.1, -0.05) is 34.1 Å². The molecule has 0 aliphatic heterocycles. The molecule has 3 N–H and O–H groups in total. The summed E-state index contributed by atoms with van der Waals surface area (Å²) >= 11 is 3.35. The van der Waals surface area contributed by atoms with E-state index < -0.39 is 0 Å². The molecule has 0 saturated heterocycles. The fraction of sp³-hybridized carbons (Fsp3) is 0. The predicted octanol–water partition coefficient (Wildman–Crippen LogP) is 3.97. The molecule has 0 bridgehead atoms. The molecule has 0 spiro atoms. The Labute approximate surface area is 123 Å². The molecular weight excluding hydrogens is 320 g/mol. The number of aromatic amines is 1. The maximum absolute atomic E-state index is 11.9. The lowest BCUT2D eigenvalue weighted by atomic mass is 10.3. The zero-order valence-electron chi connectivity index (χ0n) is 10.4. The Bertz CT molecular complexity index is 735. The number of fused-ring (bicyclic) bond motifs is 1. The van der Waals surface area contributed by atoms with Crippen LogP contribution in [-0.2, 0) is 0 Å². The Morgan fingerprint density at radius 1 is 1.10 bits per heavy atom. The van der Waals surface area contributed by atoms with Gasteiger partial charge in [-0.3, -0.25) is 5.32 Å². The van der Waals surface area contributed by atoms with Crippen molar-refractivity contribution in [3.63, 3.8) is 0 Å². The number of imidazole rings is 1. The van der Waals surface area contributed by atoms with E-state index >= 15 is 0 Å². The molecule has 100 valence electrons. The fourth-order valence-corrected chi connectivity index (χ4v) is 2.25. The number of hydrogen-bond donors (Lipinski definition) is 3. The molecule has 3 aromatic rings. The lowest BCUT2D eigenvalue weighted by molar-refractivity contribution is 0.262. The summed E-state index contributed by atoms with van der Waals surface area (Å²) in [4.78, 5) is 19.2. The summed E-state index contributed by atoms with van der Waals surface area (Å²) in [5.41, 5.74) is 2.39. The molecule has 0 atom stereocenters. The zero-order chi connectivity index (χ0) is 13.9. The number of nitrogens with one attached hydrogen (secondary N) is 3. The highest BCUT2D eigenvalue weighted by Crippen LogP contribution is 2.16. The summed E-state index contributed by atoms with van der Waals surface area (Å²) < 4.78 is 0.902. The number of rotatable bonds is 2. The van der Waals surface area contributed by atoms with Gasteiger partial charge >= 0.3 is 6.03 Å². The number of benzene rings is 2. The smallest absolute Gasteiger partial charge is 0.324 e. The molecule has 0 aliphatic rings. The van der Waals surface area contributed by atoms with E-state index in [4.69, 9.17) is 0 Å². The maximum Gasteiger partial charge on any atom is 0.326 e. The third kappa shape index (κ3) is 2.80. The van der Waals surface area contributed by atoms with Crippen LogP contribution >= 0.6 is 15.9 Å². The first kappa shape index (κ1) is 12.7. The molecule has 1 heterocycles. The number of halogens is 1. The predicted molar refractivity (Wildman–Crippen MR) is 82.9 cm³/mol. The first-order chi connectivity index (χ1) is 9.70. The van der Waals surface area contributed by atoms with E-state index in [1.807, 2.05) is 48.5 Å². The third-order valence-electron chi connectivity index (χ3n) is 2.70. The van der Waals surface area contributed by atoms with E-state index in [1.165, 1.54) is 0 Å². The minimum Gasteiger partial charge on any atom is -0.324 e. The number of aromatic nitrogens is 2. The second kappa shape index (κ2) is 5.34. The topological polar surface area (TPSA) is 69.8 Å². The van der Waals surface area contributed by atoms with Crippen molar-refractivity contribution in [1.29, 1.82) is 0 Å². The number of carbonyl (C=O) groups is 1. The van der Waals surface area contributed by atoms with Crippen LogP contribution in [0.5, 0.6) is 0 Å². The average molecular weight is 331 g/mol. The second-order valence-electron chi connectivity index (χ2n) is 4.19. The summed E-state index contributed by atoms with van der Waals surface area (Å²) in [5, 5.41) is 5.40. The highest BCUT2D eigenvalue weighted by atomic mass is 79.9. The summed E-state index contributed by atoms with van der Waals surface area (Å²) in [6.45, 7) is 0. The zero-order valence-corrected chi connectivity index (χ0v) is 11.9. The van der Waals surface area contributed by atoms with Crippen LogP contribution in [0.2, 0.25) is 0 Å². The Kier molecular flexibility index (Phi) is 3.39. The lowest BCUT2D eigenvalue weighted by Crippen LogP contribution is -2.20. The molecule has 3 rings (SSSR count). The molecular formula is C14H11BrN4O. The third-order valence-corrected chi connectivity index (χ3v) is 3.20. The van der Waals surface area contributed by atoms with Crippen molar-refractivity contribution < 1.29 is 4.79 Å². The van der Waals surface area contributed by atoms with Crippen LogP contribution in [-0.4, -0.2) is 16.0 Å². The lowest BCUT2D eigenvalue weighted by Gasteiger charge is -2.05. The van der Waals surface area contributed by atoms with Crippen molar-refractivity contribution in [3.8, 4) is 0 Å². The summed E-state index contributed by atoms with van der Waals surface area (Å²) in [6.07, 6.45) is 0. The van der Waals surface area contributed by atoms with Crippen molar-refractivity contribution in [2.45, 2.75) is 0 Å². The SMILES string of the molecule is O=C(Nc1cccc(Br)c1)Nc1nc2ccccc2[nH]1. The molecule has 0 saturated carbocycles. The quantitative estimate of drug-likeness (QED) is 0.665. The molecule has 0 fully saturated rings. The Hall–Kier alpha value is -2.34. The van der Waals surface area contributed by atoms with Crippen LogP contribution in [0, 0.1) is 0 Å². The molecule has 5 nitrogen and oxygen atoms in total. The van der Waals surface area contributed by atoms with E-state index in [9.17, 15) is 4.79 Å². The second-order valence-corrected chi connectivity index (χ2v) is 5.11. The van der Waals surface area contributed by atoms with E-state index in [0.717, 1.165) is 15.5 Å². The van der Waals surface area contributed by atoms with Crippen LogP contribution < -0.4 is 10.6 Å². The summed E-state index contributed by atoms with van der Waals surface area (Å²) in [5.74, 6) is 0.415. The number of nitrogens with zero attached hydrogens (tertiary/aromatic N) is 1. The normalized spacial score (nSPS) is 10.4. The summed E-state index contributed by atoms with van der Waals surface area (Å²) in [7, 11) is 0. The maximum atomic E-state index is 11.9. The van der Waals surface area contributed by atoms with Crippen LogP contribution in [0.3, 0.4) is 0 Å². The van der Waals surface area contributed by atoms with E-state index in [-0.39, 0.29) is 6.03 Å². The Morgan fingerprint density at radius 2 is 1.95 bits per heavy atom. The van der Waals surface area contributed by atoms with Gasteiger partial charge in [-0.05, 0) is 30.3 Å². The van der Waals surface area contributed by atoms with Crippen molar-refractivity contribution in [2.75, 3.05) is 10.6 Å². The van der Waals surface area contributed by atoms with Gasteiger partial charge in [0.15, 0.2) is 0 Å². The summed E-state index contributed by atoms with van der Waals surface area (Å²) in [6, 6.07) is 14.6. The van der Waals surface area contributed by atoms with Crippen LogP contribution in [0.15, 0.2) is 53.0 Å². The van der Waals surface area contributed by atoms with E-state index in [2.05, 4.69) is 36.5 Å². The average Bonchev–Trinajstić information content (AvgIpc) is 2.80. The van der Waals surface area contributed by atoms with Gasteiger partial charge in [-0.25, -0.2) is 9.78 Å². The first-order valence-electron chi connectivity index (χ1n) is 5.99. The van der Waals surface area contributed by atoms with E-state index in [1.54, 1.807) is 0 Å². The standard InChI is InChI=1S/C14H11BrN4O/c15-9-4-3-5-10(8-9)16-14(20)19-13-17-11-6-1-2-7-12(11)18-13/h1-8H,(H3,16,17,18,19,20). The monoisotopic (exact) mass is 330 g/mol. The van der Waals surface area contributed by atoms with Crippen LogP contribution in [0.4, 0.5) is 16.4 Å². The number of para-hydroxylation sites is 2. The van der Waals surface area contributed by atoms with Gasteiger partial charge in [0.2, 0.25) is 5.95 Å². The molecule has 0 aliphatic carbocycles. The van der Waals surface area contributed by atoms with Gasteiger partial charge in [0.1, 0.15) is 0 Å². The first-order valence-corrected chi connectivity index (χ1v) is 6.78. The van der Waals surface area contributed by atoms with Gasteiger partial charge in [0.25, 0.3) is 0 Å². The number of anilines is 2. The number of amides is 2. The highest BCUT2D eigenvalue weighted by molar-refractivity contribution is 9.10. The number of hydrogen-bond acceptors (Lipinski definition) is 2. The van der Waals surface area contributed by atoms with Gasteiger partial charge in [-0.15, -0.1) is 0 Å². The minimum absolute atomic E-state index is 0.345. The van der Waals surface area contributed by atoms with Gasteiger partial charge < -0.3 is 10.3 Å². The van der Waals surface area contributed by atoms with Crippen molar-refractivity contribution in [2.24, 2.45) is 0 Å². The fourth-order valence-electron chi connectivity index (χ4n) is 1.85. The van der Waals surface area contributed by atoms with Crippen molar-refractivity contribution in [3.05, 3.63) is 53.0 Å². The molecule has 20 heavy (non-hydrogen) atoms. The molecule has 0 radical (unpaired) electrons. The van der Waals surface area contributed by atoms with Crippen LogP contribution in [0.25, 0.3) is 11.0 Å². The number of carbonyl (C=O) groups excluding carboxylic acids is 1. The molecule has 2 amide bonds. The van der Waals surface area contributed by atoms with Gasteiger partial charge in [0.05, 0.1) is 11.0 Å². The Balaban J connectivity index is 1.72. The largest absolute Gasteiger partial charge is 0.326 e. The number of H-pyrrole nitrogens is 1. The van der Waals surface area contributed by atoms with Crippen molar-refractivity contribution in [1.82, 2.24) is 9.97 Å². The van der Waals surface area contributed by atoms with E-state index in [0.29, 0.717) is 11.6 Å². The molecule has 6 heteroatoms. The minimum atomic E-state index is -0.345. The highest BCUT2D eigenvalue weighted by Gasteiger charge is 2.06. The Morgan fingerprint density at radius 3 is 2.75 bits per heavy atom. The van der Waals surface area contributed by atoms with Crippen molar-refractivity contribution >= 4 is 44.6 Å². The number of urea groups is 1. The van der Waals surface area contributed by atoms with Gasteiger partial charge in [-0.2, -0.15) is 0 Å². The van der Waals surface area contributed by atoms with Crippen LogP contribution in [0.1, 0.15) is 0 Å².